The van der Waals surface area contributed by atoms with Crippen LogP contribution in [-0.4, -0.2) is 43.7 Å². The van der Waals surface area contributed by atoms with Gasteiger partial charge < -0.3 is 20.1 Å². The number of benzene rings is 1. The van der Waals surface area contributed by atoms with E-state index in [1.807, 2.05) is 24.4 Å². The van der Waals surface area contributed by atoms with Gasteiger partial charge in [0.25, 0.3) is 11.6 Å². The molecular formula is C18H21N3O6S. The minimum atomic E-state index is -0.814. The van der Waals surface area contributed by atoms with E-state index in [1.54, 1.807) is 0 Å². The van der Waals surface area contributed by atoms with E-state index in [2.05, 4.69) is 10.6 Å². The highest BCUT2D eigenvalue weighted by atomic mass is 32.1. The molecule has 0 unspecified atom stereocenters. The van der Waals surface area contributed by atoms with Gasteiger partial charge >= 0.3 is 5.97 Å². The molecule has 2 aromatic rings. The predicted molar refractivity (Wildman–Crippen MR) is 105 cm³/mol. The molecule has 0 fully saturated rings. The van der Waals surface area contributed by atoms with Gasteiger partial charge in [-0.2, -0.15) is 0 Å². The molecule has 0 saturated heterocycles. The summed E-state index contributed by atoms with van der Waals surface area (Å²) in [4.78, 5) is 35.7. The maximum absolute atomic E-state index is 12.1. The summed E-state index contributed by atoms with van der Waals surface area (Å²) in [6, 6.07) is 7.50. The number of nitrogens with one attached hydrogen (secondary N) is 2. The third-order valence-electron chi connectivity index (χ3n) is 3.73. The number of nitro groups is 1. The Morgan fingerprint density at radius 2 is 2.11 bits per heavy atom. The minimum Gasteiger partial charge on any atom is -0.452 e. The van der Waals surface area contributed by atoms with Crippen LogP contribution in [0.4, 0.5) is 11.4 Å². The van der Waals surface area contributed by atoms with E-state index in [1.165, 1.54) is 30.6 Å². The summed E-state index contributed by atoms with van der Waals surface area (Å²) >= 11 is 1.51. The van der Waals surface area contributed by atoms with Gasteiger partial charge in [-0.25, -0.2) is 4.79 Å². The van der Waals surface area contributed by atoms with Gasteiger partial charge in [-0.05, 0) is 30.5 Å². The SMILES string of the molecule is COCCNc1ccc(C(=O)OCC(=O)N[C@H](C)c2cccs2)cc1[N+](=O)[O-]. The van der Waals surface area contributed by atoms with E-state index < -0.39 is 23.4 Å². The Balaban J connectivity index is 1.94. The summed E-state index contributed by atoms with van der Waals surface area (Å²) in [6.45, 7) is 2.10. The Morgan fingerprint density at radius 1 is 1.32 bits per heavy atom. The molecule has 1 heterocycles. The van der Waals surface area contributed by atoms with Gasteiger partial charge in [-0.3, -0.25) is 14.9 Å². The molecular weight excluding hydrogens is 386 g/mol. The van der Waals surface area contributed by atoms with Gasteiger partial charge in [0.15, 0.2) is 6.61 Å². The summed E-state index contributed by atoms with van der Waals surface area (Å²) in [5.74, 6) is -1.27. The highest BCUT2D eigenvalue weighted by molar-refractivity contribution is 7.10. The summed E-state index contributed by atoms with van der Waals surface area (Å²) in [7, 11) is 1.52. The van der Waals surface area contributed by atoms with Crippen molar-refractivity contribution in [3.8, 4) is 0 Å². The lowest BCUT2D eigenvalue weighted by atomic mass is 10.1. The number of hydrogen-bond acceptors (Lipinski definition) is 8. The zero-order chi connectivity index (χ0) is 20.5. The van der Waals surface area contributed by atoms with Crippen LogP contribution in [0.2, 0.25) is 0 Å². The van der Waals surface area contributed by atoms with Crippen molar-refractivity contribution in [1.82, 2.24) is 5.32 Å². The maximum atomic E-state index is 12.1. The van der Waals surface area contributed by atoms with E-state index in [0.29, 0.717) is 13.2 Å². The molecule has 1 aromatic heterocycles. The molecule has 9 nitrogen and oxygen atoms in total. The number of amides is 1. The number of methoxy groups -OCH3 is 1. The van der Waals surface area contributed by atoms with Crippen molar-refractivity contribution in [3.05, 3.63) is 56.3 Å². The Hall–Kier alpha value is -2.98. The van der Waals surface area contributed by atoms with Gasteiger partial charge in [0.2, 0.25) is 0 Å². The second kappa shape index (κ2) is 10.4. The highest BCUT2D eigenvalue weighted by Gasteiger charge is 2.19. The lowest BCUT2D eigenvalue weighted by molar-refractivity contribution is -0.384. The first-order valence-electron chi connectivity index (χ1n) is 8.43. The molecule has 0 saturated carbocycles. The summed E-state index contributed by atoms with van der Waals surface area (Å²) in [6.07, 6.45) is 0. The second-order valence-corrected chi connectivity index (χ2v) is 6.77. The van der Waals surface area contributed by atoms with Gasteiger partial charge in [0.05, 0.1) is 23.1 Å². The fourth-order valence-corrected chi connectivity index (χ4v) is 3.09. The van der Waals surface area contributed by atoms with E-state index in [4.69, 9.17) is 9.47 Å². The van der Waals surface area contributed by atoms with Crippen LogP contribution in [0.1, 0.15) is 28.2 Å². The second-order valence-electron chi connectivity index (χ2n) is 5.79. The smallest absolute Gasteiger partial charge is 0.338 e. The number of carbonyl (C=O) groups is 2. The van der Waals surface area contributed by atoms with Crippen LogP contribution >= 0.6 is 11.3 Å². The quantitative estimate of drug-likeness (QED) is 0.269. The van der Waals surface area contributed by atoms with E-state index in [9.17, 15) is 19.7 Å². The van der Waals surface area contributed by atoms with Gasteiger partial charge in [0.1, 0.15) is 5.69 Å². The lowest BCUT2D eigenvalue weighted by Gasteiger charge is -2.12. The topological polar surface area (TPSA) is 120 Å². The molecule has 1 aromatic carbocycles. The first-order chi connectivity index (χ1) is 13.4. The first kappa shape index (κ1) is 21.3. The zero-order valence-corrected chi connectivity index (χ0v) is 16.3. The number of hydrogen-bond donors (Lipinski definition) is 2. The molecule has 2 rings (SSSR count). The number of anilines is 1. The fourth-order valence-electron chi connectivity index (χ4n) is 2.35. The zero-order valence-electron chi connectivity index (χ0n) is 15.5. The van der Waals surface area contributed by atoms with Crippen molar-refractivity contribution in [1.29, 1.82) is 0 Å². The summed E-state index contributed by atoms with van der Waals surface area (Å²) in [5.41, 5.74) is -0.00876. The number of thiophene rings is 1. The Morgan fingerprint density at radius 3 is 2.75 bits per heavy atom. The average Bonchev–Trinajstić information content (AvgIpc) is 3.21. The van der Waals surface area contributed by atoms with Crippen LogP contribution in [-0.2, 0) is 14.3 Å². The third-order valence-corrected chi connectivity index (χ3v) is 4.79. The number of nitro benzene ring substituents is 1. The monoisotopic (exact) mass is 407 g/mol. The number of esters is 1. The molecule has 2 N–H and O–H groups in total. The Kier molecular flexibility index (Phi) is 7.90. The van der Waals surface area contributed by atoms with Crippen molar-refractivity contribution in [3.63, 3.8) is 0 Å². The van der Waals surface area contributed by atoms with Crippen LogP contribution in [0.5, 0.6) is 0 Å². The minimum absolute atomic E-state index is 0.0110. The molecule has 0 bridgehead atoms. The maximum Gasteiger partial charge on any atom is 0.338 e. The molecule has 0 spiro atoms. The van der Waals surface area contributed by atoms with E-state index in [0.717, 1.165) is 10.9 Å². The number of ether oxygens (including phenoxy) is 2. The summed E-state index contributed by atoms with van der Waals surface area (Å²) in [5, 5.41) is 18.7. The molecule has 0 radical (unpaired) electrons. The van der Waals surface area contributed by atoms with Crippen molar-refractivity contribution >= 4 is 34.6 Å². The van der Waals surface area contributed by atoms with Crippen molar-refractivity contribution < 1.29 is 24.0 Å². The van der Waals surface area contributed by atoms with Crippen LogP contribution in [0.15, 0.2) is 35.7 Å². The first-order valence-corrected chi connectivity index (χ1v) is 9.31. The van der Waals surface area contributed by atoms with E-state index >= 15 is 0 Å². The van der Waals surface area contributed by atoms with E-state index in [-0.39, 0.29) is 23.0 Å². The largest absolute Gasteiger partial charge is 0.452 e. The number of carbonyl (C=O) groups excluding carboxylic acids is 2. The van der Waals surface area contributed by atoms with Crippen LogP contribution < -0.4 is 10.6 Å². The molecule has 10 heteroatoms. The standard InChI is InChI=1S/C18H21N3O6S/c1-12(16-4-3-9-28-16)20-17(22)11-27-18(23)13-5-6-14(19-7-8-26-2)15(10-13)21(24)25/h3-6,9-10,12,19H,7-8,11H2,1-2H3,(H,20,22)/t12-/m1/s1. The molecule has 1 atom stereocenters. The molecule has 0 aliphatic heterocycles. The molecule has 1 amide bonds. The number of nitrogens with zero attached hydrogens (tertiary/aromatic N) is 1. The normalized spacial score (nSPS) is 11.5. The Labute approximate surface area is 165 Å². The van der Waals surface area contributed by atoms with Crippen molar-refractivity contribution in [2.45, 2.75) is 13.0 Å². The molecule has 0 aliphatic rings. The van der Waals surface area contributed by atoms with Crippen LogP contribution in [0.3, 0.4) is 0 Å². The third kappa shape index (κ3) is 6.03. The van der Waals surface area contributed by atoms with Crippen molar-refractivity contribution in [2.24, 2.45) is 0 Å². The van der Waals surface area contributed by atoms with Gasteiger partial charge in [0, 0.05) is 24.6 Å². The lowest BCUT2D eigenvalue weighted by Crippen LogP contribution is -2.30. The van der Waals surface area contributed by atoms with Crippen LogP contribution in [0, 0.1) is 10.1 Å². The number of rotatable bonds is 10. The van der Waals surface area contributed by atoms with Gasteiger partial charge in [-0.15, -0.1) is 11.3 Å². The molecule has 28 heavy (non-hydrogen) atoms. The Bertz CT molecular complexity index is 825. The fraction of sp³-hybridized carbons (Fsp3) is 0.333. The molecule has 150 valence electrons. The highest BCUT2D eigenvalue weighted by Crippen LogP contribution is 2.26. The average molecular weight is 407 g/mol. The van der Waals surface area contributed by atoms with Crippen molar-refractivity contribution in [2.75, 3.05) is 32.2 Å². The summed E-state index contributed by atoms with van der Waals surface area (Å²) < 4.78 is 9.86. The molecule has 0 aliphatic carbocycles. The van der Waals surface area contributed by atoms with Gasteiger partial charge in [-0.1, -0.05) is 6.07 Å². The predicted octanol–water partition coefficient (Wildman–Crippen LogP) is 2.75. The van der Waals surface area contributed by atoms with Crippen LogP contribution in [0.25, 0.3) is 0 Å².